The van der Waals surface area contributed by atoms with E-state index in [4.69, 9.17) is 9.47 Å². The molecule has 1 aliphatic heterocycles. The van der Waals surface area contributed by atoms with Gasteiger partial charge in [-0.2, -0.15) is 0 Å². The van der Waals surface area contributed by atoms with Gasteiger partial charge in [0.05, 0.1) is 13.2 Å². The summed E-state index contributed by atoms with van der Waals surface area (Å²) in [6.07, 6.45) is 2.26. The predicted octanol–water partition coefficient (Wildman–Crippen LogP) is 1.04. The molecule has 1 N–H and O–H groups in total. The van der Waals surface area contributed by atoms with E-state index < -0.39 is 0 Å². The van der Waals surface area contributed by atoms with Crippen LogP contribution in [0.2, 0.25) is 0 Å². The van der Waals surface area contributed by atoms with E-state index in [2.05, 4.69) is 12.2 Å². The monoisotopic (exact) mass is 187 g/mol. The molecule has 1 fully saturated rings. The number of hydrogen-bond donors (Lipinski definition) is 1. The van der Waals surface area contributed by atoms with Crippen molar-refractivity contribution in [3.63, 3.8) is 0 Å². The fourth-order valence-electron chi connectivity index (χ4n) is 1.68. The first kappa shape index (κ1) is 11.0. The fourth-order valence-corrected chi connectivity index (χ4v) is 1.68. The maximum Gasteiger partial charge on any atom is 0.0623 e. The third kappa shape index (κ3) is 3.63. The zero-order chi connectivity index (χ0) is 9.52. The van der Waals surface area contributed by atoms with Crippen molar-refractivity contribution in [1.29, 1.82) is 0 Å². The Morgan fingerprint density at radius 1 is 1.62 bits per heavy atom. The highest BCUT2D eigenvalue weighted by Gasteiger charge is 2.24. The molecular weight excluding hydrogens is 166 g/mol. The number of ether oxygens (including phenoxy) is 2. The van der Waals surface area contributed by atoms with Gasteiger partial charge in [0.2, 0.25) is 0 Å². The number of nitrogens with one attached hydrogen (secondary N) is 1. The second-order valence-electron chi connectivity index (χ2n) is 3.59. The second-order valence-corrected chi connectivity index (χ2v) is 3.59. The lowest BCUT2D eigenvalue weighted by molar-refractivity contribution is 0.0902. The van der Waals surface area contributed by atoms with Gasteiger partial charge in [0, 0.05) is 25.2 Å². The number of rotatable bonds is 6. The zero-order valence-corrected chi connectivity index (χ0v) is 8.71. The van der Waals surface area contributed by atoms with Gasteiger partial charge >= 0.3 is 0 Å². The van der Waals surface area contributed by atoms with Gasteiger partial charge in [-0.05, 0) is 19.9 Å². The first-order valence-electron chi connectivity index (χ1n) is 5.21. The number of likely N-dealkylation sites (N-methyl/N-ethyl adjacent to an activating group) is 1. The second kappa shape index (κ2) is 6.35. The van der Waals surface area contributed by atoms with Crippen molar-refractivity contribution in [3.05, 3.63) is 0 Å². The molecule has 1 rings (SSSR count). The topological polar surface area (TPSA) is 30.5 Å². The molecule has 0 spiro atoms. The largest absolute Gasteiger partial charge is 0.381 e. The summed E-state index contributed by atoms with van der Waals surface area (Å²) in [4.78, 5) is 0. The summed E-state index contributed by atoms with van der Waals surface area (Å²) in [5.74, 6) is 0.641. The van der Waals surface area contributed by atoms with E-state index in [1.165, 1.54) is 6.42 Å². The molecular formula is C10H21NO2. The van der Waals surface area contributed by atoms with Gasteiger partial charge in [0.15, 0.2) is 0 Å². The fraction of sp³-hybridized carbons (Fsp3) is 1.00. The summed E-state index contributed by atoms with van der Waals surface area (Å²) in [6, 6.07) is 0.467. The van der Waals surface area contributed by atoms with Crippen molar-refractivity contribution in [2.24, 2.45) is 5.92 Å². The standard InChI is InChI=1S/C10H21NO2/c1-3-5-12-8-10(11-2)9-4-6-13-7-9/h9-11H,3-8H2,1-2H3. The Kier molecular flexibility index (Phi) is 5.35. The molecule has 3 heteroatoms. The molecule has 78 valence electrons. The van der Waals surface area contributed by atoms with Gasteiger partial charge in [-0.3, -0.25) is 0 Å². The molecule has 1 aliphatic rings. The molecule has 0 radical (unpaired) electrons. The highest BCUT2D eigenvalue weighted by molar-refractivity contribution is 4.77. The molecule has 2 unspecified atom stereocenters. The van der Waals surface area contributed by atoms with Crippen LogP contribution in [0.3, 0.4) is 0 Å². The lowest BCUT2D eigenvalue weighted by Crippen LogP contribution is -2.38. The smallest absolute Gasteiger partial charge is 0.0623 e. The van der Waals surface area contributed by atoms with E-state index in [1.807, 2.05) is 7.05 Å². The van der Waals surface area contributed by atoms with Crippen molar-refractivity contribution in [3.8, 4) is 0 Å². The zero-order valence-electron chi connectivity index (χ0n) is 8.71. The van der Waals surface area contributed by atoms with Crippen molar-refractivity contribution < 1.29 is 9.47 Å². The highest BCUT2D eigenvalue weighted by Crippen LogP contribution is 2.16. The van der Waals surface area contributed by atoms with Crippen LogP contribution >= 0.6 is 0 Å². The summed E-state index contributed by atoms with van der Waals surface area (Å²) < 4.78 is 10.9. The van der Waals surface area contributed by atoms with Crippen LogP contribution < -0.4 is 5.32 Å². The molecule has 0 aliphatic carbocycles. The van der Waals surface area contributed by atoms with E-state index in [0.717, 1.165) is 32.8 Å². The number of hydrogen-bond acceptors (Lipinski definition) is 3. The SMILES string of the molecule is CCCOCC(NC)C1CCOC1. The Balaban J connectivity index is 2.16. The average Bonchev–Trinajstić information content (AvgIpc) is 2.65. The van der Waals surface area contributed by atoms with Gasteiger partial charge < -0.3 is 14.8 Å². The molecule has 0 aromatic rings. The van der Waals surface area contributed by atoms with Crippen LogP contribution in [0.15, 0.2) is 0 Å². The lowest BCUT2D eigenvalue weighted by Gasteiger charge is -2.21. The average molecular weight is 187 g/mol. The molecule has 1 heterocycles. The van der Waals surface area contributed by atoms with Gasteiger partial charge in [-0.15, -0.1) is 0 Å². The summed E-state index contributed by atoms with van der Waals surface area (Å²) in [5.41, 5.74) is 0. The van der Waals surface area contributed by atoms with Crippen molar-refractivity contribution >= 4 is 0 Å². The van der Waals surface area contributed by atoms with Gasteiger partial charge in [0.25, 0.3) is 0 Å². The summed E-state index contributed by atoms with van der Waals surface area (Å²) in [6.45, 7) is 5.62. The van der Waals surface area contributed by atoms with E-state index in [0.29, 0.717) is 12.0 Å². The Labute approximate surface area is 80.8 Å². The van der Waals surface area contributed by atoms with Gasteiger partial charge in [-0.1, -0.05) is 6.92 Å². The van der Waals surface area contributed by atoms with Crippen molar-refractivity contribution in [2.75, 3.05) is 33.5 Å². The summed E-state index contributed by atoms with van der Waals surface area (Å²) >= 11 is 0. The quantitative estimate of drug-likeness (QED) is 0.630. The minimum Gasteiger partial charge on any atom is -0.381 e. The van der Waals surface area contributed by atoms with Crippen LogP contribution in [0.1, 0.15) is 19.8 Å². The molecule has 0 bridgehead atoms. The lowest BCUT2D eigenvalue weighted by atomic mass is 10.0. The van der Waals surface area contributed by atoms with E-state index in [9.17, 15) is 0 Å². The summed E-state index contributed by atoms with van der Waals surface area (Å²) in [5, 5.41) is 3.30. The molecule has 1 saturated heterocycles. The van der Waals surface area contributed by atoms with Gasteiger partial charge in [0.1, 0.15) is 0 Å². The van der Waals surface area contributed by atoms with E-state index in [1.54, 1.807) is 0 Å². The molecule has 0 saturated carbocycles. The van der Waals surface area contributed by atoms with Crippen LogP contribution in [-0.4, -0.2) is 39.5 Å². The summed E-state index contributed by atoms with van der Waals surface area (Å²) in [7, 11) is 2.00. The van der Waals surface area contributed by atoms with Crippen molar-refractivity contribution in [1.82, 2.24) is 5.32 Å². The van der Waals surface area contributed by atoms with Crippen LogP contribution in [0.25, 0.3) is 0 Å². The Hall–Kier alpha value is -0.120. The Morgan fingerprint density at radius 2 is 2.46 bits per heavy atom. The van der Waals surface area contributed by atoms with Crippen LogP contribution in [0, 0.1) is 5.92 Å². The maximum atomic E-state index is 5.53. The molecule has 13 heavy (non-hydrogen) atoms. The Morgan fingerprint density at radius 3 is 3.00 bits per heavy atom. The molecule has 3 nitrogen and oxygen atoms in total. The van der Waals surface area contributed by atoms with Gasteiger partial charge in [-0.25, -0.2) is 0 Å². The predicted molar refractivity (Wildman–Crippen MR) is 52.9 cm³/mol. The first-order chi connectivity index (χ1) is 6.38. The van der Waals surface area contributed by atoms with Crippen LogP contribution in [0.5, 0.6) is 0 Å². The highest BCUT2D eigenvalue weighted by atomic mass is 16.5. The third-order valence-electron chi connectivity index (χ3n) is 2.55. The molecule has 0 aromatic carbocycles. The van der Waals surface area contributed by atoms with Crippen LogP contribution in [-0.2, 0) is 9.47 Å². The van der Waals surface area contributed by atoms with E-state index in [-0.39, 0.29) is 0 Å². The minimum absolute atomic E-state index is 0.467. The normalized spacial score (nSPS) is 24.9. The minimum atomic E-state index is 0.467. The molecule has 0 amide bonds. The van der Waals surface area contributed by atoms with E-state index >= 15 is 0 Å². The molecule has 2 atom stereocenters. The Bertz CT molecular complexity index is 124. The third-order valence-corrected chi connectivity index (χ3v) is 2.55. The van der Waals surface area contributed by atoms with Crippen LogP contribution in [0.4, 0.5) is 0 Å². The first-order valence-corrected chi connectivity index (χ1v) is 5.21. The maximum absolute atomic E-state index is 5.53. The van der Waals surface area contributed by atoms with Crippen molar-refractivity contribution in [2.45, 2.75) is 25.8 Å². The molecule has 0 aromatic heterocycles.